The van der Waals surface area contributed by atoms with Gasteiger partial charge in [0.15, 0.2) is 0 Å². The Bertz CT molecular complexity index is 1080. The van der Waals surface area contributed by atoms with E-state index in [0.29, 0.717) is 35.5 Å². The van der Waals surface area contributed by atoms with Crippen LogP contribution in [0.15, 0.2) is 78.9 Å². The predicted molar refractivity (Wildman–Crippen MR) is 118 cm³/mol. The van der Waals surface area contributed by atoms with E-state index < -0.39 is 24.6 Å². The molecule has 33 heavy (non-hydrogen) atoms. The van der Waals surface area contributed by atoms with Crippen molar-refractivity contribution in [3.63, 3.8) is 0 Å². The van der Waals surface area contributed by atoms with Crippen molar-refractivity contribution in [2.75, 3.05) is 0 Å². The monoisotopic (exact) mass is 451 g/mol. The van der Waals surface area contributed by atoms with Gasteiger partial charge in [-0.15, -0.1) is 0 Å². The number of carbonyl (C=O) groups excluding carboxylic acids is 1. The van der Waals surface area contributed by atoms with E-state index in [-0.39, 0.29) is 5.75 Å². The van der Waals surface area contributed by atoms with Crippen molar-refractivity contribution in [3.8, 4) is 23.3 Å². The van der Waals surface area contributed by atoms with E-state index in [2.05, 4.69) is 4.74 Å². The van der Waals surface area contributed by atoms with E-state index in [9.17, 15) is 18.8 Å². The van der Waals surface area contributed by atoms with E-state index in [1.807, 2.05) is 31.2 Å². The van der Waals surface area contributed by atoms with E-state index >= 15 is 0 Å². The number of hydrogen-bond donors (Lipinski definition) is 0. The first kappa shape index (κ1) is 23.7. The van der Waals surface area contributed by atoms with Crippen molar-refractivity contribution in [3.05, 3.63) is 90.0 Å². The summed E-state index contributed by atoms with van der Waals surface area (Å²) in [6.07, 6.45) is 0.0354. The molecule has 0 heterocycles. The van der Waals surface area contributed by atoms with E-state index in [1.54, 1.807) is 48.5 Å². The summed E-state index contributed by atoms with van der Waals surface area (Å²) in [5.41, 5.74) is 1.08. The van der Waals surface area contributed by atoms with Crippen LogP contribution < -0.4 is 9.47 Å². The lowest BCUT2D eigenvalue weighted by Crippen LogP contribution is -2.18. The van der Waals surface area contributed by atoms with Crippen molar-refractivity contribution in [2.45, 2.75) is 38.4 Å². The summed E-state index contributed by atoms with van der Waals surface area (Å²) in [6, 6.07) is 23.9. The van der Waals surface area contributed by atoms with Crippen molar-refractivity contribution in [1.29, 1.82) is 5.26 Å². The number of nitriles is 1. The lowest BCUT2D eigenvalue weighted by Gasteiger charge is -2.19. The van der Waals surface area contributed by atoms with E-state index in [1.165, 1.54) is 12.1 Å². The maximum atomic E-state index is 13.0. The molecule has 3 rings (SSSR count). The highest BCUT2D eigenvalue weighted by Gasteiger charge is 2.26. The molecule has 0 radical (unpaired) electrons. The second-order valence-corrected chi connectivity index (χ2v) is 7.22. The molecule has 3 aromatic rings. The summed E-state index contributed by atoms with van der Waals surface area (Å²) >= 11 is 0. The number of esters is 1. The highest BCUT2D eigenvalue weighted by Crippen LogP contribution is 2.30. The lowest BCUT2D eigenvalue weighted by molar-refractivity contribution is -0.149. The average Bonchev–Trinajstić information content (AvgIpc) is 2.82. The van der Waals surface area contributed by atoms with Gasteiger partial charge in [-0.05, 0) is 48.4 Å². The molecule has 2 unspecified atom stereocenters. The molecule has 3 aromatic carbocycles. The second-order valence-electron chi connectivity index (χ2n) is 7.22. The first-order valence-corrected chi connectivity index (χ1v) is 10.5. The number of carbonyl (C=O) groups is 1. The van der Waals surface area contributed by atoms with Crippen LogP contribution in [0.5, 0.6) is 17.2 Å². The summed E-state index contributed by atoms with van der Waals surface area (Å²) in [4.78, 5) is 13.0. The zero-order chi connectivity index (χ0) is 23.6. The molecule has 0 fully saturated rings. The minimum Gasteiger partial charge on any atom is -0.457 e. The Balaban J connectivity index is 1.74. The Morgan fingerprint density at radius 1 is 0.909 bits per heavy atom. The summed E-state index contributed by atoms with van der Waals surface area (Å²) in [5, 5.41) is 9.66. The highest BCUT2D eigenvalue weighted by atomic mass is 19.3. The topological polar surface area (TPSA) is 68.6 Å². The number of ether oxygens (including phenoxy) is 3. The SMILES string of the molecule is CCCC(C(=O)OC(C#N)c1cccc(Oc2ccccc2)c1)c1ccc(OC(F)F)cc1. The predicted octanol–water partition coefficient (Wildman–Crippen LogP) is 6.77. The minimum atomic E-state index is -2.93. The Kier molecular flexibility index (Phi) is 8.36. The van der Waals surface area contributed by atoms with Gasteiger partial charge in [-0.2, -0.15) is 14.0 Å². The van der Waals surface area contributed by atoms with Crippen LogP contribution in [-0.2, 0) is 9.53 Å². The number of nitrogens with zero attached hydrogens (tertiary/aromatic N) is 1. The normalized spacial score (nSPS) is 12.5. The third-order valence-electron chi connectivity index (χ3n) is 4.86. The third-order valence-corrected chi connectivity index (χ3v) is 4.86. The lowest BCUT2D eigenvalue weighted by atomic mass is 9.94. The molecule has 0 amide bonds. The number of rotatable bonds is 10. The number of alkyl halides is 2. The zero-order valence-corrected chi connectivity index (χ0v) is 18.0. The van der Waals surface area contributed by atoms with Crippen LogP contribution in [0.2, 0.25) is 0 Å². The zero-order valence-electron chi connectivity index (χ0n) is 18.0. The second kappa shape index (κ2) is 11.6. The van der Waals surface area contributed by atoms with Gasteiger partial charge in [0.2, 0.25) is 6.10 Å². The molecule has 0 aliphatic carbocycles. The standard InChI is InChI=1S/C26H23F2NO4/c1-2-7-23(18-12-14-21(15-13-18)32-26(27)28)25(30)33-24(17-29)19-8-6-11-22(16-19)31-20-9-4-3-5-10-20/h3-6,8-16,23-24,26H,2,7H2,1H3. The summed E-state index contributed by atoms with van der Waals surface area (Å²) in [6.45, 7) is -1.01. The van der Waals surface area contributed by atoms with Crippen molar-refractivity contribution in [1.82, 2.24) is 0 Å². The van der Waals surface area contributed by atoms with E-state index in [0.717, 1.165) is 0 Å². The first-order valence-electron chi connectivity index (χ1n) is 10.5. The fraction of sp³-hybridized carbons (Fsp3) is 0.231. The summed E-state index contributed by atoms with van der Waals surface area (Å²) in [7, 11) is 0. The van der Waals surface area contributed by atoms with Crippen LogP contribution in [0.25, 0.3) is 0 Å². The molecule has 0 spiro atoms. The molecule has 0 N–H and O–H groups in total. The van der Waals surface area contributed by atoms with Gasteiger partial charge < -0.3 is 14.2 Å². The molecule has 0 saturated carbocycles. The van der Waals surface area contributed by atoms with Crippen molar-refractivity contribution < 1.29 is 27.8 Å². The fourth-order valence-corrected chi connectivity index (χ4v) is 3.32. The Morgan fingerprint density at radius 2 is 1.61 bits per heavy atom. The van der Waals surface area contributed by atoms with Gasteiger partial charge in [0.1, 0.15) is 23.3 Å². The Morgan fingerprint density at radius 3 is 2.24 bits per heavy atom. The van der Waals surface area contributed by atoms with Crippen LogP contribution in [-0.4, -0.2) is 12.6 Å². The minimum absolute atomic E-state index is 0.00231. The summed E-state index contributed by atoms with van der Waals surface area (Å²) < 4.78 is 40.5. The number of benzene rings is 3. The molecule has 0 bridgehead atoms. The van der Waals surface area contributed by atoms with Gasteiger partial charge in [-0.25, -0.2) is 0 Å². The molecular formula is C26H23F2NO4. The van der Waals surface area contributed by atoms with E-state index in [4.69, 9.17) is 9.47 Å². The molecule has 7 heteroatoms. The molecule has 0 aliphatic heterocycles. The number of halogens is 2. The van der Waals surface area contributed by atoms with Gasteiger partial charge in [-0.3, -0.25) is 4.79 Å². The fourth-order valence-electron chi connectivity index (χ4n) is 3.32. The summed E-state index contributed by atoms with van der Waals surface area (Å²) in [5.74, 6) is -0.0600. The Labute approximate surface area is 191 Å². The van der Waals surface area contributed by atoms with Gasteiger partial charge in [0, 0.05) is 5.56 Å². The van der Waals surface area contributed by atoms with Gasteiger partial charge in [0.25, 0.3) is 0 Å². The third kappa shape index (κ3) is 6.78. The quantitative estimate of drug-likeness (QED) is 0.318. The van der Waals surface area contributed by atoms with Gasteiger partial charge >= 0.3 is 12.6 Å². The van der Waals surface area contributed by atoms with Crippen LogP contribution in [0.1, 0.15) is 42.9 Å². The average molecular weight is 451 g/mol. The van der Waals surface area contributed by atoms with Crippen LogP contribution in [0.3, 0.4) is 0 Å². The molecular weight excluding hydrogens is 428 g/mol. The molecule has 0 aliphatic rings. The number of hydrogen-bond acceptors (Lipinski definition) is 5. The van der Waals surface area contributed by atoms with Crippen molar-refractivity contribution >= 4 is 5.97 Å². The van der Waals surface area contributed by atoms with Crippen LogP contribution in [0.4, 0.5) is 8.78 Å². The molecule has 0 saturated heterocycles. The smallest absolute Gasteiger partial charge is 0.387 e. The molecule has 170 valence electrons. The molecule has 2 atom stereocenters. The molecule has 5 nitrogen and oxygen atoms in total. The maximum Gasteiger partial charge on any atom is 0.387 e. The molecule has 0 aromatic heterocycles. The van der Waals surface area contributed by atoms with Crippen LogP contribution >= 0.6 is 0 Å². The van der Waals surface area contributed by atoms with Crippen LogP contribution in [0, 0.1) is 11.3 Å². The first-order chi connectivity index (χ1) is 16.0. The largest absolute Gasteiger partial charge is 0.457 e. The number of para-hydroxylation sites is 1. The van der Waals surface area contributed by atoms with Gasteiger partial charge in [-0.1, -0.05) is 55.8 Å². The Hall–Kier alpha value is -3.92. The van der Waals surface area contributed by atoms with Crippen molar-refractivity contribution in [2.24, 2.45) is 0 Å². The maximum absolute atomic E-state index is 13.0. The highest BCUT2D eigenvalue weighted by molar-refractivity contribution is 5.78. The van der Waals surface area contributed by atoms with Gasteiger partial charge in [0.05, 0.1) is 5.92 Å².